The maximum Gasteiger partial charge on any atom is 0.303 e. The third-order valence-electron chi connectivity index (χ3n) is 2.75. The van der Waals surface area contributed by atoms with Crippen molar-refractivity contribution in [1.82, 2.24) is 5.32 Å². The van der Waals surface area contributed by atoms with Crippen LogP contribution in [0.5, 0.6) is 0 Å². The first-order valence-electron chi connectivity index (χ1n) is 6.37. The van der Waals surface area contributed by atoms with E-state index in [1.54, 1.807) is 0 Å². The average molecular weight is 264 g/mol. The third kappa shape index (κ3) is 6.45. The summed E-state index contributed by atoms with van der Waals surface area (Å²) < 4.78 is 0. The molecule has 0 radical (unpaired) electrons. The fourth-order valence-corrected chi connectivity index (χ4v) is 1.69. The summed E-state index contributed by atoms with van der Waals surface area (Å²) in [4.78, 5) is 21.8. The fraction of sp³-hybridized carbons (Fsp3) is 0.429. The predicted octanol–water partition coefficient (Wildman–Crippen LogP) is 1.99. The average Bonchev–Trinajstić information content (AvgIpc) is 2.41. The Morgan fingerprint density at radius 1 is 1.21 bits per heavy atom. The van der Waals surface area contributed by atoms with Gasteiger partial charge in [0.1, 0.15) is 0 Å². The molecule has 0 aliphatic carbocycles. The van der Waals surface area contributed by atoms with E-state index in [4.69, 9.17) is 5.11 Å². The van der Waals surface area contributed by atoms with Gasteiger partial charge in [-0.1, -0.05) is 12.1 Å². The van der Waals surface area contributed by atoms with E-state index in [1.807, 2.05) is 31.3 Å². The third-order valence-corrected chi connectivity index (χ3v) is 2.75. The second-order valence-corrected chi connectivity index (χ2v) is 4.33. The second kappa shape index (κ2) is 8.13. The molecule has 0 fully saturated rings. The van der Waals surface area contributed by atoms with E-state index in [0.29, 0.717) is 25.8 Å². The maximum atomic E-state index is 11.5. The van der Waals surface area contributed by atoms with Crippen LogP contribution in [0, 0.1) is 0 Å². The molecular weight excluding hydrogens is 244 g/mol. The number of hydrogen-bond donors (Lipinski definition) is 3. The number of unbranched alkanes of at least 4 members (excludes halogenated alkanes) is 1. The van der Waals surface area contributed by atoms with Crippen LogP contribution in [-0.4, -0.2) is 24.0 Å². The molecule has 5 nitrogen and oxygen atoms in total. The van der Waals surface area contributed by atoms with Gasteiger partial charge in [-0.25, -0.2) is 0 Å². The molecule has 5 heteroatoms. The molecule has 0 aromatic heterocycles. The van der Waals surface area contributed by atoms with E-state index in [1.165, 1.54) is 0 Å². The molecule has 1 rings (SSSR count). The summed E-state index contributed by atoms with van der Waals surface area (Å²) in [5.74, 6) is -0.857. The summed E-state index contributed by atoms with van der Waals surface area (Å²) in [5, 5.41) is 14.3. The molecule has 1 aromatic rings. The van der Waals surface area contributed by atoms with E-state index in [9.17, 15) is 9.59 Å². The number of carbonyl (C=O) groups excluding carboxylic acids is 1. The molecule has 0 saturated carbocycles. The lowest BCUT2D eigenvalue weighted by molar-refractivity contribution is -0.137. The van der Waals surface area contributed by atoms with Crippen molar-refractivity contribution in [1.29, 1.82) is 0 Å². The zero-order valence-electron chi connectivity index (χ0n) is 11.1. The molecule has 1 amide bonds. The lowest BCUT2D eigenvalue weighted by Gasteiger charge is -2.07. The number of hydrogen-bond acceptors (Lipinski definition) is 3. The maximum absolute atomic E-state index is 11.5. The first-order chi connectivity index (χ1) is 9.11. The van der Waals surface area contributed by atoms with Gasteiger partial charge >= 0.3 is 5.97 Å². The molecule has 0 aliphatic rings. The Bertz CT molecular complexity index is 432. The van der Waals surface area contributed by atoms with E-state index >= 15 is 0 Å². The summed E-state index contributed by atoms with van der Waals surface area (Å²) in [5.41, 5.74) is 2.04. The minimum atomic E-state index is -0.815. The zero-order valence-corrected chi connectivity index (χ0v) is 11.1. The van der Waals surface area contributed by atoms with E-state index in [-0.39, 0.29) is 12.3 Å². The Hall–Kier alpha value is -2.04. The Kier molecular flexibility index (Phi) is 6.43. The standard InChI is InChI=1S/C14H20N2O3/c1-15-12-6-4-5-11(9-12)10-16-13(17)7-2-3-8-14(18)19/h4-6,9,15H,2-3,7-8,10H2,1H3,(H,16,17)(H,18,19). The molecular formula is C14H20N2O3. The van der Waals surface area contributed by atoms with Crippen LogP contribution in [0.2, 0.25) is 0 Å². The number of amides is 1. The van der Waals surface area contributed by atoms with Gasteiger partial charge in [0, 0.05) is 32.1 Å². The van der Waals surface area contributed by atoms with Crippen LogP contribution in [-0.2, 0) is 16.1 Å². The highest BCUT2D eigenvalue weighted by Gasteiger charge is 2.03. The number of aliphatic carboxylic acids is 1. The zero-order chi connectivity index (χ0) is 14.1. The van der Waals surface area contributed by atoms with Gasteiger partial charge in [0.2, 0.25) is 5.91 Å². The Labute approximate surface area is 113 Å². The highest BCUT2D eigenvalue weighted by Crippen LogP contribution is 2.09. The monoisotopic (exact) mass is 264 g/mol. The van der Waals surface area contributed by atoms with Crippen molar-refractivity contribution < 1.29 is 14.7 Å². The SMILES string of the molecule is CNc1cccc(CNC(=O)CCCCC(=O)O)c1. The molecule has 19 heavy (non-hydrogen) atoms. The van der Waals surface area contributed by atoms with Crippen LogP contribution in [0.25, 0.3) is 0 Å². The van der Waals surface area contributed by atoms with Gasteiger partial charge in [-0.05, 0) is 30.5 Å². The van der Waals surface area contributed by atoms with Crippen LogP contribution in [0.15, 0.2) is 24.3 Å². The number of anilines is 1. The smallest absolute Gasteiger partial charge is 0.303 e. The Morgan fingerprint density at radius 3 is 2.63 bits per heavy atom. The molecule has 0 heterocycles. The summed E-state index contributed by atoms with van der Waals surface area (Å²) >= 11 is 0. The first kappa shape index (κ1) is 15.0. The number of rotatable bonds is 8. The van der Waals surface area contributed by atoms with Crippen molar-refractivity contribution in [2.75, 3.05) is 12.4 Å². The summed E-state index contributed by atoms with van der Waals surface area (Å²) in [6.07, 6.45) is 1.64. The summed E-state index contributed by atoms with van der Waals surface area (Å²) in [7, 11) is 1.85. The number of carboxylic acids is 1. The number of benzene rings is 1. The van der Waals surface area contributed by atoms with Crippen LogP contribution in [0.4, 0.5) is 5.69 Å². The highest BCUT2D eigenvalue weighted by molar-refractivity contribution is 5.76. The molecule has 0 unspecified atom stereocenters. The molecule has 3 N–H and O–H groups in total. The van der Waals surface area contributed by atoms with Crippen molar-refractivity contribution in [2.45, 2.75) is 32.2 Å². The number of nitrogens with one attached hydrogen (secondary N) is 2. The minimum absolute atomic E-state index is 0.0414. The normalized spacial score (nSPS) is 9.95. The molecule has 0 saturated heterocycles. The topological polar surface area (TPSA) is 78.4 Å². The number of carbonyl (C=O) groups is 2. The van der Waals surface area contributed by atoms with Crippen LogP contribution >= 0.6 is 0 Å². The Balaban J connectivity index is 2.24. The van der Waals surface area contributed by atoms with Crippen molar-refractivity contribution in [3.05, 3.63) is 29.8 Å². The lowest BCUT2D eigenvalue weighted by Crippen LogP contribution is -2.22. The van der Waals surface area contributed by atoms with Crippen molar-refractivity contribution in [3.8, 4) is 0 Å². The van der Waals surface area contributed by atoms with Crippen LogP contribution in [0.1, 0.15) is 31.2 Å². The quantitative estimate of drug-likeness (QED) is 0.627. The van der Waals surface area contributed by atoms with Gasteiger partial charge in [0.05, 0.1) is 0 Å². The van der Waals surface area contributed by atoms with E-state index in [2.05, 4.69) is 10.6 Å². The largest absolute Gasteiger partial charge is 0.481 e. The molecule has 0 aliphatic heterocycles. The Morgan fingerprint density at radius 2 is 1.95 bits per heavy atom. The van der Waals surface area contributed by atoms with Crippen molar-refractivity contribution >= 4 is 17.6 Å². The molecule has 1 aromatic carbocycles. The molecule has 0 spiro atoms. The lowest BCUT2D eigenvalue weighted by atomic mass is 10.1. The van der Waals surface area contributed by atoms with Gasteiger partial charge in [0.15, 0.2) is 0 Å². The summed E-state index contributed by atoms with van der Waals surface area (Å²) in [6.45, 7) is 0.493. The van der Waals surface area contributed by atoms with Gasteiger partial charge in [-0.2, -0.15) is 0 Å². The molecule has 0 bridgehead atoms. The van der Waals surface area contributed by atoms with E-state index in [0.717, 1.165) is 11.3 Å². The van der Waals surface area contributed by atoms with E-state index < -0.39 is 5.97 Å². The minimum Gasteiger partial charge on any atom is -0.481 e. The summed E-state index contributed by atoms with van der Waals surface area (Å²) in [6, 6.07) is 7.81. The second-order valence-electron chi connectivity index (χ2n) is 4.33. The molecule has 0 atom stereocenters. The molecule has 104 valence electrons. The van der Waals surface area contributed by atoms with Gasteiger partial charge in [-0.15, -0.1) is 0 Å². The first-order valence-corrected chi connectivity index (χ1v) is 6.37. The highest BCUT2D eigenvalue weighted by atomic mass is 16.4. The van der Waals surface area contributed by atoms with Crippen LogP contribution < -0.4 is 10.6 Å². The number of carboxylic acid groups (broad SMARTS) is 1. The van der Waals surface area contributed by atoms with Gasteiger partial charge in [0.25, 0.3) is 0 Å². The van der Waals surface area contributed by atoms with Gasteiger partial charge in [-0.3, -0.25) is 9.59 Å². The van der Waals surface area contributed by atoms with Gasteiger partial charge < -0.3 is 15.7 Å². The van der Waals surface area contributed by atoms with Crippen molar-refractivity contribution in [3.63, 3.8) is 0 Å². The predicted molar refractivity (Wildman–Crippen MR) is 73.9 cm³/mol. The van der Waals surface area contributed by atoms with Crippen LogP contribution in [0.3, 0.4) is 0 Å². The van der Waals surface area contributed by atoms with Crippen molar-refractivity contribution in [2.24, 2.45) is 0 Å². The fourth-order valence-electron chi connectivity index (χ4n) is 1.69.